The van der Waals surface area contributed by atoms with Gasteiger partial charge in [-0.05, 0) is 63.8 Å². The zero-order valence-electron chi connectivity index (χ0n) is 22.7. The van der Waals surface area contributed by atoms with Crippen LogP contribution in [0.3, 0.4) is 0 Å². The predicted molar refractivity (Wildman–Crippen MR) is 146 cm³/mol. The fourth-order valence-corrected chi connectivity index (χ4v) is 4.77. The SMILES string of the molecule is Cc1cc(CN2CCC(NC(=O)OC(C)(C)C)CC2)ccc1-n1ccc(NC(=O)N2CCNCC2)nc1=O. The number of piperidine rings is 1. The number of anilines is 1. The third kappa shape index (κ3) is 7.55. The average molecular weight is 526 g/mol. The number of urea groups is 1. The Morgan fingerprint density at radius 1 is 1.11 bits per heavy atom. The first-order valence-electron chi connectivity index (χ1n) is 13.3. The first-order chi connectivity index (χ1) is 18.1. The smallest absolute Gasteiger partial charge is 0.407 e. The Kier molecular flexibility index (Phi) is 8.68. The van der Waals surface area contributed by atoms with Gasteiger partial charge in [0, 0.05) is 58.1 Å². The Morgan fingerprint density at radius 3 is 2.45 bits per heavy atom. The summed E-state index contributed by atoms with van der Waals surface area (Å²) < 4.78 is 6.86. The molecule has 0 saturated carbocycles. The number of carbonyl (C=O) groups excluding carboxylic acids is 2. The Bertz CT molecular complexity index is 1190. The molecule has 38 heavy (non-hydrogen) atoms. The van der Waals surface area contributed by atoms with Crippen molar-refractivity contribution in [2.45, 2.75) is 58.7 Å². The van der Waals surface area contributed by atoms with E-state index in [0.29, 0.717) is 13.1 Å². The van der Waals surface area contributed by atoms with Crippen molar-refractivity contribution < 1.29 is 14.3 Å². The van der Waals surface area contributed by atoms with Crippen molar-refractivity contribution in [1.29, 1.82) is 0 Å². The number of piperazine rings is 1. The van der Waals surface area contributed by atoms with Gasteiger partial charge in [0.05, 0.1) is 5.69 Å². The van der Waals surface area contributed by atoms with Crippen molar-refractivity contribution in [3.63, 3.8) is 0 Å². The molecule has 0 spiro atoms. The van der Waals surface area contributed by atoms with Crippen molar-refractivity contribution >= 4 is 17.9 Å². The van der Waals surface area contributed by atoms with Crippen molar-refractivity contribution in [2.24, 2.45) is 0 Å². The molecule has 11 nitrogen and oxygen atoms in total. The van der Waals surface area contributed by atoms with Gasteiger partial charge in [0.25, 0.3) is 0 Å². The van der Waals surface area contributed by atoms with Crippen LogP contribution in [0.2, 0.25) is 0 Å². The van der Waals surface area contributed by atoms with Gasteiger partial charge in [-0.2, -0.15) is 4.98 Å². The Balaban J connectivity index is 1.32. The van der Waals surface area contributed by atoms with E-state index in [2.05, 4.69) is 31.9 Å². The molecule has 2 aromatic rings. The summed E-state index contributed by atoms with van der Waals surface area (Å²) in [6, 6.07) is 7.57. The number of benzene rings is 1. The van der Waals surface area contributed by atoms with Gasteiger partial charge in [-0.15, -0.1) is 0 Å². The number of hydrogen-bond donors (Lipinski definition) is 3. The fourth-order valence-electron chi connectivity index (χ4n) is 4.77. The lowest BCUT2D eigenvalue weighted by molar-refractivity contribution is 0.0477. The van der Waals surface area contributed by atoms with E-state index in [4.69, 9.17) is 4.74 Å². The number of likely N-dealkylation sites (tertiary alicyclic amines) is 1. The van der Waals surface area contributed by atoms with E-state index in [9.17, 15) is 14.4 Å². The summed E-state index contributed by atoms with van der Waals surface area (Å²) in [5.74, 6) is 0.244. The molecule has 206 valence electrons. The summed E-state index contributed by atoms with van der Waals surface area (Å²) in [6.07, 6.45) is 3.03. The summed E-state index contributed by atoms with van der Waals surface area (Å²) in [4.78, 5) is 45.4. The Morgan fingerprint density at radius 2 is 1.82 bits per heavy atom. The van der Waals surface area contributed by atoms with Crippen LogP contribution < -0.4 is 21.6 Å². The number of rotatable bonds is 5. The van der Waals surface area contributed by atoms with Gasteiger partial charge < -0.3 is 20.3 Å². The molecule has 0 unspecified atom stereocenters. The van der Waals surface area contributed by atoms with E-state index in [-0.39, 0.29) is 24.0 Å². The average Bonchev–Trinajstić information content (AvgIpc) is 2.85. The molecular weight excluding hydrogens is 486 g/mol. The maximum absolute atomic E-state index is 12.8. The second-order valence-electron chi connectivity index (χ2n) is 11.0. The molecule has 1 aromatic heterocycles. The number of alkyl carbamates (subject to hydrolysis) is 1. The molecule has 0 radical (unpaired) electrons. The third-order valence-electron chi connectivity index (χ3n) is 6.68. The molecule has 11 heteroatoms. The number of carbonyl (C=O) groups is 2. The van der Waals surface area contributed by atoms with Crippen LogP contribution in [0.25, 0.3) is 5.69 Å². The van der Waals surface area contributed by atoms with Gasteiger partial charge in [-0.1, -0.05) is 12.1 Å². The Hall–Kier alpha value is -3.44. The van der Waals surface area contributed by atoms with Crippen LogP contribution in [0.5, 0.6) is 0 Å². The maximum atomic E-state index is 12.8. The van der Waals surface area contributed by atoms with Crippen LogP contribution in [-0.4, -0.2) is 82.4 Å². The number of amides is 3. The number of aryl methyl sites for hydroxylation is 1. The molecule has 4 rings (SSSR count). The quantitative estimate of drug-likeness (QED) is 0.548. The summed E-state index contributed by atoms with van der Waals surface area (Å²) in [7, 11) is 0. The van der Waals surface area contributed by atoms with E-state index in [1.165, 1.54) is 4.57 Å². The molecular formula is C27H39N7O4. The van der Waals surface area contributed by atoms with Crippen LogP contribution in [0.15, 0.2) is 35.3 Å². The number of aromatic nitrogens is 2. The van der Waals surface area contributed by atoms with Gasteiger partial charge in [0.2, 0.25) is 0 Å². The largest absolute Gasteiger partial charge is 0.444 e. The van der Waals surface area contributed by atoms with Crippen LogP contribution in [0, 0.1) is 6.92 Å². The lowest BCUT2D eigenvalue weighted by Crippen LogP contribution is -2.48. The minimum absolute atomic E-state index is 0.120. The van der Waals surface area contributed by atoms with Crippen LogP contribution in [0.1, 0.15) is 44.7 Å². The lowest BCUT2D eigenvalue weighted by Gasteiger charge is -2.33. The van der Waals surface area contributed by atoms with E-state index in [0.717, 1.165) is 62.4 Å². The molecule has 3 heterocycles. The van der Waals surface area contributed by atoms with E-state index in [1.54, 1.807) is 17.2 Å². The van der Waals surface area contributed by atoms with Gasteiger partial charge in [-0.3, -0.25) is 14.8 Å². The highest BCUT2D eigenvalue weighted by Crippen LogP contribution is 2.19. The molecule has 2 fully saturated rings. The second-order valence-corrected chi connectivity index (χ2v) is 11.0. The Labute approximate surface area is 223 Å². The van der Waals surface area contributed by atoms with Gasteiger partial charge in [0.15, 0.2) is 0 Å². The molecule has 2 saturated heterocycles. The monoisotopic (exact) mass is 525 g/mol. The van der Waals surface area contributed by atoms with Crippen LogP contribution in [-0.2, 0) is 11.3 Å². The van der Waals surface area contributed by atoms with Crippen LogP contribution >= 0.6 is 0 Å². The molecule has 1 aromatic carbocycles. The van der Waals surface area contributed by atoms with E-state index in [1.807, 2.05) is 39.8 Å². The van der Waals surface area contributed by atoms with Gasteiger partial charge in [0.1, 0.15) is 11.4 Å². The zero-order chi connectivity index (χ0) is 27.3. The summed E-state index contributed by atoms with van der Waals surface area (Å²) in [5, 5.41) is 8.90. The summed E-state index contributed by atoms with van der Waals surface area (Å²) in [5.41, 5.74) is 1.93. The first-order valence-corrected chi connectivity index (χ1v) is 13.3. The molecule has 2 aliphatic heterocycles. The minimum Gasteiger partial charge on any atom is -0.444 e. The topological polar surface area (TPSA) is 121 Å². The molecule has 0 atom stereocenters. The number of nitrogens with one attached hydrogen (secondary N) is 3. The molecule has 2 aliphatic rings. The predicted octanol–water partition coefficient (Wildman–Crippen LogP) is 2.47. The highest BCUT2D eigenvalue weighted by molar-refractivity contribution is 5.88. The number of ether oxygens (including phenoxy) is 1. The normalized spacial score (nSPS) is 17.2. The molecule has 0 bridgehead atoms. The zero-order valence-corrected chi connectivity index (χ0v) is 22.7. The summed E-state index contributed by atoms with van der Waals surface area (Å²) >= 11 is 0. The third-order valence-corrected chi connectivity index (χ3v) is 6.68. The highest BCUT2D eigenvalue weighted by atomic mass is 16.6. The van der Waals surface area contributed by atoms with Crippen molar-refractivity contribution in [3.05, 3.63) is 52.1 Å². The fraction of sp³-hybridized carbons (Fsp3) is 0.556. The van der Waals surface area contributed by atoms with Crippen molar-refractivity contribution in [1.82, 2.24) is 30.0 Å². The number of hydrogen-bond acceptors (Lipinski definition) is 7. The van der Waals surface area contributed by atoms with Crippen molar-refractivity contribution in [2.75, 3.05) is 44.6 Å². The first kappa shape index (κ1) is 27.6. The number of nitrogens with zero attached hydrogens (tertiary/aromatic N) is 4. The van der Waals surface area contributed by atoms with Gasteiger partial charge in [-0.25, -0.2) is 14.4 Å². The van der Waals surface area contributed by atoms with Gasteiger partial charge >= 0.3 is 17.8 Å². The maximum Gasteiger partial charge on any atom is 0.407 e. The van der Waals surface area contributed by atoms with E-state index >= 15 is 0 Å². The summed E-state index contributed by atoms with van der Waals surface area (Å²) in [6.45, 7) is 12.9. The second kappa shape index (κ2) is 12.0. The van der Waals surface area contributed by atoms with Crippen molar-refractivity contribution in [3.8, 4) is 5.69 Å². The van der Waals surface area contributed by atoms with E-state index < -0.39 is 11.3 Å². The lowest BCUT2D eigenvalue weighted by atomic mass is 10.0. The molecule has 0 aliphatic carbocycles. The van der Waals surface area contributed by atoms with Crippen LogP contribution in [0.4, 0.5) is 15.4 Å². The minimum atomic E-state index is -0.501. The highest BCUT2D eigenvalue weighted by Gasteiger charge is 2.24. The standard InChI is InChI=1S/C27H39N7O4/c1-19-17-20(18-32-12-7-21(8-13-32)29-26(37)38-27(2,3)4)5-6-22(19)34-14-9-23(31-25(34)36)30-24(35)33-15-10-28-11-16-33/h5-6,9,14,17,21,28H,7-8,10-13,15-16,18H2,1-4H3,(H,29,37)(H,30,31,35,36). The molecule has 3 N–H and O–H groups in total. The molecule has 3 amide bonds.